The number of benzene rings is 1. The number of hydrogen-bond acceptors (Lipinski definition) is 25. The monoisotopic (exact) mass is 1030 g/mol. The number of aliphatic carboxylic acids is 2. The van der Waals surface area contributed by atoms with Crippen LogP contribution in [-0.2, 0) is 81.5 Å². The molecule has 8 unspecified atom stereocenters. The van der Waals surface area contributed by atoms with E-state index in [0.29, 0.717) is 0 Å². The zero-order valence-corrected chi connectivity index (χ0v) is 37.0. The van der Waals surface area contributed by atoms with Gasteiger partial charge in [0.1, 0.15) is 91.1 Å². The molecule has 1 aromatic rings. The topological polar surface area (TPSA) is 475 Å². The summed E-state index contributed by atoms with van der Waals surface area (Å²) in [4.78, 5) is 49.6. The Kier molecular flexibility index (Phi) is 18.2. The van der Waals surface area contributed by atoms with E-state index >= 15 is 0 Å². The van der Waals surface area contributed by atoms with Crippen LogP contribution in [-0.4, -0.2) is 232 Å². The van der Waals surface area contributed by atoms with Crippen molar-refractivity contribution in [3.63, 3.8) is 0 Å². The molecule has 1 aromatic carbocycles. The largest absolute Gasteiger partial charge is 0.479 e. The second-order valence-electron chi connectivity index (χ2n) is 15.7. The fourth-order valence-corrected chi connectivity index (χ4v) is 8.02. The summed E-state index contributed by atoms with van der Waals surface area (Å²) in [6.07, 6.45) is -39.8. The summed E-state index contributed by atoms with van der Waals surface area (Å²) >= 11 is 0. The number of carboxylic acid groups (broad SMARTS) is 2. The summed E-state index contributed by atoms with van der Waals surface area (Å²) in [7, 11) is -10.6. The smallest absolute Gasteiger partial charge is 0.397 e. The maximum absolute atomic E-state index is 12.6. The Balaban J connectivity index is 1.41. The van der Waals surface area contributed by atoms with E-state index in [0.717, 1.165) is 19.4 Å². The molecular weight excluding hydrogens is 977 g/mol. The lowest BCUT2D eigenvalue weighted by Gasteiger charge is -2.49. The van der Waals surface area contributed by atoms with Gasteiger partial charge < -0.3 is 94.5 Å². The summed E-state index contributed by atoms with van der Waals surface area (Å²) in [5.74, 6) is -5.60. The molecule has 5 rings (SSSR count). The Labute approximate surface area is 384 Å². The molecule has 2 amide bonds. The highest BCUT2D eigenvalue weighted by molar-refractivity contribution is 7.81. The van der Waals surface area contributed by atoms with Crippen LogP contribution in [0.25, 0.3) is 0 Å². The summed E-state index contributed by atoms with van der Waals surface area (Å²) in [6.45, 7) is 1.02. The number of ether oxygens (including phenoxy) is 8. The van der Waals surface area contributed by atoms with E-state index < -0.39 is 180 Å². The number of aryl methyl sites for hydroxylation is 1. The first-order chi connectivity index (χ1) is 31.6. The zero-order valence-electron chi connectivity index (χ0n) is 35.4. The second kappa shape index (κ2) is 22.4. The molecule has 4 fully saturated rings. The van der Waals surface area contributed by atoms with Gasteiger partial charge in [-0.2, -0.15) is 16.8 Å². The molecule has 0 aromatic heterocycles. The van der Waals surface area contributed by atoms with E-state index in [1.54, 1.807) is 19.1 Å². The van der Waals surface area contributed by atoms with E-state index in [1.165, 1.54) is 12.1 Å². The SMILES string of the molecule is CC(=O)NC1[C@H](O[C@@H]2C(C(=O)O)O[C@@H](O[C@@H]3C(COS(=O)(=O)O)O[C@@H](O[C@@H]4C(C(=O)O)O[C@@H](Oc5ccc(C)cc5)C(O)[C@H]4O)C(NC(C)=O)[C@H]3O)C(O)[C@H]2O)OC(COS(=O)(=O)O)[C@@H](O)[C@@H]1O. The lowest BCUT2D eigenvalue weighted by atomic mass is 9.94. The molecule has 0 spiro atoms. The average molecular weight is 1030 g/mol. The van der Waals surface area contributed by atoms with E-state index in [-0.39, 0.29) is 5.75 Å². The molecule has 0 aliphatic carbocycles. The maximum Gasteiger partial charge on any atom is 0.397 e. The molecular formula is C35H50N2O29S2. The zero-order chi connectivity index (χ0) is 50.7. The number of aliphatic hydroxyl groups is 7. The minimum absolute atomic E-state index is 0.0828. The standard InChI is InChI=1S/C35H50N2O29S2/c1-10-4-6-13(7-5-10)59-34-23(45)21(43)26(28(65-34)30(47)48)64-33-17(37-12(3)39)20(42)25(15(61-33)9-58-68(54,55)56)62-35-24(46)22(44)27(29(66-35)31(49)50)63-32-16(36-11(2)38)19(41)18(40)14(60-32)8-57-67(51,52)53/h4-7,14-29,32-35,40-46H,8-9H2,1-3H3,(H,36,38)(H,37,39)(H,47,48)(H,49,50)(H,51,52,53)(H,54,55,56)/t14?,15?,16?,17?,18-,19-,20-,21-,22-,23?,24?,25-,26+,27+,28?,29?,32+,33+,34-,35-/m1/s1. The van der Waals surface area contributed by atoms with Gasteiger partial charge in [-0.3, -0.25) is 18.7 Å². The molecule has 4 heterocycles. The van der Waals surface area contributed by atoms with Gasteiger partial charge in [0, 0.05) is 13.8 Å². The van der Waals surface area contributed by atoms with Gasteiger partial charge in [0.05, 0.1) is 13.2 Å². The maximum atomic E-state index is 12.6. The highest BCUT2D eigenvalue weighted by Crippen LogP contribution is 2.35. The van der Waals surface area contributed by atoms with Gasteiger partial charge in [0.25, 0.3) is 0 Å². The lowest BCUT2D eigenvalue weighted by Crippen LogP contribution is -2.70. The molecule has 33 heteroatoms. The van der Waals surface area contributed by atoms with Crippen molar-refractivity contribution in [2.75, 3.05) is 13.2 Å². The number of carboxylic acids is 2. The number of amides is 2. The van der Waals surface area contributed by atoms with Crippen LogP contribution in [0.4, 0.5) is 0 Å². The lowest BCUT2D eigenvalue weighted by molar-refractivity contribution is -0.369. The predicted octanol–water partition coefficient (Wildman–Crippen LogP) is -7.23. The fourth-order valence-electron chi connectivity index (χ4n) is 7.41. The van der Waals surface area contributed by atoms with E-state index in [9.17, 15) is 86.5 Å². The van der Waals surface area contributed by atoms with Crippen molar-refractivity contribution >= 4 is 44.6 Å². The van der Waals surface area contributed by atoms with Crippen LogP contribution in [0.5, 0.6) is 5.75 Å². The Hall–Kier alpha value is -3.92. The van der Waals surface area contributed by atoms with E-state index in [4.69, 9.17) is 42.4 Å². The van der Waals surface area contributed by atoms with Gasteiger partial charge in [0.15, 0.2) is 31.1 Å². The van der Waals surface area contributed by atoms with Gasteiger partial charge in [-0.05, 0) is 19.1 Å². The molecule has 13 N–H and O–H groups in total. The summed E-state index contributed by atoms with van der Waals surface area (Å²) in [5, 5.41) is 102. The second-order valence-corrected chi connectivity index (χ2v) is 17.8. The molecule has 4 saturated heterocycles. The third kappa shape index (κ3) is 13.7. The minimum atomic E-state index is -5.39. The van der Waals surface area contributed by atoms with Gasteiger partial charge in [0.2, 0.25) is 18.1 Å². The normalized spacial score (nSPS) is 39.1. The first kappa shape index (κ1) is 55.0. The predicted molar refractivity (Wildman–Crippen MR) is 209 cm³/mol. The summed E-state index contributed by atoms with van der Waals surface area (Å²) < 4.78 is 117. The number of carbonyl (C=O) groups is 4. The van der Waals surface area contributed by atoms with Crippen molar-refractivity contribution in [3.8, 4) is 5.75 Å². The molecule has 0 bridgehead atoms. The Morgan fingerprint density at radius 2 is 0.956 bits per heavy atom. The van der Waals surface area contributed by atoms with Crippen molar-refractivity contribution in [3.05, 3.63) is 29.8 Å². The fraction of sp³-hybridized carbons (Fsp3) is 0.714. The summed E-state index contributed by atoms with van der Waals surface area (Å²) in [6, 6.07) is 2.31. The molecule has 0 saturated carbocycles. The van der Waals surface area contributed by atoms with Crippen LogP contribution in [0.1, 0.15) is 19.4 Å². The van der Waals surface area contributed by atoms with Crippen molar-refractivity contribution in [1.82, 2.24) is 10.6 Å². The molecule has 20 atom stereocenters. The average Bonchev–Trinajstić information content (AvgIpc) is 3.23. The van der Waals surface area contributed by atoms with Crippen molar-refractivity contribution < 1.29 is 137 Å². The van der Waals surface area contributed by atoms with E-state index in [2.05, 4.69) is 19.0 Å². The van der Waals surface area contributed by atoms with Gasteiger partial charge in [-0.1, -0.05) is 17.7 Å². The van der Waals surface area contributed by atoms with Crippen LogP contribution in [0.3, 0.4) is 0 Å². The molecule has 386 valence electrons. The van der Waals surface area contributed by atoms with Gasteiger partial charge >= 0.3 is 32.7 Å². The molecule has 0 radical (unpaired) electrons. The van der Waals surface area contributed by atoms with Crippen molar-refractivity contribution in [2.24, 2.45) is 0 Å². The quantitative estimate of drug-likeness (QED) is 0.0608. The Morgan fingerprint density at radius 1 is 0.544 bits per heavy atom. The highest BCUT2D eigenvalue weighted by Gasteiger charge is 2.58. The number of rotatable bonds is 18. The molecule has 68 heavy (non-hydrogen) atoms. The summed E-state index contributed by atoms with van der Waals surface area (Å²) in [5.41, 5.74) is 0.805. The van der Waals surface area contributed by atoms with Crippen LogP contribution in [0.15, 0.2) is 24.3 Å². The third-order valence-electron chi connectivity index (χ3n) is 10.6. The molecule has 31 nitrogen and oxygen atoms in total. The molecule has 4 aliphatic heterocycles. The van der Waals surface area contributed by atoms with Gasteiger partial charge in [-0.25, -0.2) is 18.0 Å². The highest BCUT2D eigenvalue weighted by atomic mass is 32.3. The molecule has 4 aliphatic rings. The third-order valence-corrected chi connectivity index (χ3v) is 11.5. The van der Waals surface area contributed by atoms with Crippen LogP contribution >= 0.6 is 0 Å². The van der Waals surface area contributed by atoms with Crippen molar-refractivity contribution in [2.45, 2.75) is 143 Å². The van der Waals surface area contributed by atoms with E-state index in [1.807, 2.05) is 0 Å². The minimum Gasteiger partial charge on any atom is -0.479 e. The number of carbonyl (C=O) groups excluding carboxylic acids is 2. The first-order valence-electron chi connectivity index (χ1n) is 19.9. The van der Waals surface area contributed by atoms with Gasteiger partial charge in [-0.15, -0.1) is 0 Å². The van der Waals surface area contributed by atoms with Crippen LogP contribution in [0.2, 0.25) is 0 Å². The first-order valence-corrected chi connectivity index (χ1v) is 22.6. The van der Waals surface area contributed by atoms with Crippen molar-refractivity contribution in [1.29, 1.82) is 0 Å². The number of aliphatic hydroxyl groups excluding tert-OH is 7. The number of nitrogens with one attached hydrogen (secondary N) is 2. The Bertz CT molecular complexity index is 2150. The van der Waals surface area contributed by atoms with Crippen LogP contribution in [0, 0.1) is 6.92 Å². The number of hydrogen-bond donors (Lipinski definition) is 13. The Morgan fingerprint density at radius 3 is 1.41 bits per heavy atom. The van der Waals surface area contributed by atoms with Crippen LogP contribution < -0.4 is 15.4 Å².